The zero-order valence-corrected chi connectivity index (χ0v) is 15.6. The van der Waals surface area contributed by atoms with Crippen LogP contribution in [0.4, 0.5) is 0 Å². The molecule has 1 aromatic heterocycles. The standard InChI is InChI=1S/C14H16BrNO4S2/c1-16(22(17,18)14-7-6-13(15)21-14)9-10-4-5-11(19-2)8-12(10)20-3/h4-8H,9H2,1-3H3. The SMILES string of the molecule is COc1ccc(CN(C)S(=O)(=O)c2ccc(Br)s2)c(OC)c1. The number of rotatable bonds is 6. The summed E-state index contributed by atoms with van der Waals surface area (Å²) in [6, 6.07) is 8.62. The van der Waals surface area contributed by atoms with Gasteiger partial charge in [0.2, 0.25) is 0 Å². The molecule has 0 bridgehead atoms. The van der Waals surface area contributed by atoms with Crippen molar-refractivity contribution in [3.05, 3.63) is 39.7 Å². The molecule has 5 nitrogen and oxygen atoms in total. The molecule has 0 aliphatic rings. The van der Waals surface area contributed by atoms with Gasteiger partial charge in [0, 0.05) is 25.2 Å². The minimum atomic E-state index is -3.52. The Kier molecular flexibility index (Phi) is 5.49. The van der Waals surface area contributed by atoms with Crippen LogP contribution in [0.3, 0.4) is 0 Å². The minimum absolute atomic E-state index is 0.213. The van der Waals surface area contributed by atoms with Gasteiger partial charge in [-0.05, 0) is 34.1 Å². The number of hydrogen-bond acceptors (Lipinski definition) is 5. The fraction of sp³-hybridized carbons (Fsp3) is 0.286. The lowest BCUT2D eigenvalue weighted by Gasteiger charge is -2.18. The van der Waals surface area contributed by atoms with Crippen molar-refractivity contribution in [3.8, 4) is 11.5 Å². The van der Waals surface area contributed by atoms with Gasteiger partial charge in [-0.2, -0.15) is 4.31 Å². The predicted molar refractivity (Wildman–Crippen MR) is 90.2 cm³/mol. The Labute approximate surface area is 142 Å². The van der Waals surface area contributed by atoms with Crippen LogP contribution in [-0.2, 0) is 16.6 Å². The first-order chi connectivity index (χ1) is 10.4. The second kappa shape index (κ2) is 6.99. The van der Waals surface area contributed by atoms with Crippen molar-refractivity contribution < 1.29 is 17.9 Å². The van der Waals surface area contributed by atoms with Gasteiger partial charge in [0.05, 0.1) is 18.0 Å². The number of ether oxygens (including phenoxy) is 2. The van der Waals surface area contributed by atoms with E-state index >= 15 is 0 Å². The number of halogens is 1. The molecule has 22 heavy (non-hydrogen) atoms. The van der Waals surface area contributed by atoms with Gasteiger partial charge >= 0.3 is 0 Å². The van der Waals surface area contributed by atoms with Crippen LogP contribution in [0.1, 0.15) is 5.56 Å². The van der Waals surface area contributed by atoms with Gasteiger partial charge in [-0.1, -0.05) is 6.07 Å². The molecular formula is C14H16BrNO4S2. The van der Waals surface area contributed by atoms with E-state index in [-0.39, 0.29) is 6.54 Å². The Bertz CT molecular complexity index is 758. The van der Waals surface area contributed by atoms with Gasteiger partial charge < -0.3 is 9.47 Å². The molecule has 0 aliphatic heterocycles. The van der Waals surface area contributed by atoms with E-state index in [2.05, 4.69) is 15.9 Å². The van der Waals surface area contributed by atoms with E-state index in [1.165, 1.54) is 15.6 Å². The van der Waals surface area contributed by atoms with Gasteiger partial charge in [0.1, 0.15) is 15.7 Å². The highest BCUT2D eigenvalue weighted by molar-refractivity contribution is 9.11. The fourth-order valence-corrected chi connectivity index (χ4v) is 5.27. The highest BCUT2D eigenvalue weighted by Crippen LogP contribution is 2.30. The van der Waals surface area contributed by atoms with Gasteiger partial charge in [0.15, 0.2) is 0 Å². The molecule has 0 saturated carbocycles. The van der Waals surface area contributed by atoms with Gasteiger partial charge in [0.25, 0.3) is 10.0 Å². The van der Waals surface area contributed by atoms with Crippen LogP contribution < -0.4 is 9.47 Å². The molecule has 0 saturated heterocycles. The average Bonchev–Trinajstić information content (AvgIpc) is 2.94. The highest BCUT2D eigenvalue weighted by atomic mass is 79.9. The van der Waals surface area contributed by atoms with Crippen molar-refractivity contribution in [3.63, 3.8) is 0 Å². The molecule has 8 heteroatoms. The summed E-state index contributed by atoms with van der Waals surface area (Å²) in [5.74, 6) is 1.25. The maximum Gasteiger partial charge on any atom is 0.252 e. The van der Waals surface area contributed by atoms with Crippen LogP contribution in [0.25, 0.3) is 0 Å². The third-order valence-corrected chi connectivity index (χ3v) is 6.99. The summed E-state index contributed by atoms with van der Waals surface area (Å²) >= 11 is 4.47. The lowest BCUT2D eigenvalue weighted by Crippen LogP contribution is -2.26. The molecule has 0 atom stereocenters. The van der Waals surface area contributed by atoms with Crippen molar-refractivity contribution in [2.45, 2.75) is 10.8 Å². The summed E-state index contributed by atoms with van der Waals surface area (Å²) in [7, 11) is 1.14. The summed E-state index contributed by atoms with van der Waals surface area (Å²) in [6.45, 7) is 0.213. The Balaban J connectivity index is 2.27. The van der Waals surface area contributed by atoms with Gasteiger partial charge in [-0.25, -0.2) is 8.42 Å². The summed E-state index contributed by atoms with van der Waals surface area (Å²) in [5.41, 5.74) is 0.769. The number of sulfonamides is 1. The number of thiophene rings is 1. The summed E-state index contributed by atoms with van der Waals surface area (Å²) in [5, 5.41) is 0. The number of hydrogen-bond donors (Lipinski definition) is 0. The van der Waals surface area contributed by atoms with Crippen molar-refractivity contribution in [1.29, 1.82) is 0 Å². The predicted octanol–water partition coefficient (Wildman–Crippen LogP) is 3.35. The molecule has 1 aromatic carbocycles. The fourth-order valence-electron chi connectivity index (χ4n) is 1.90. The smallest absolute Gasteiger partial charge is 0.252 e. The molecule has 0 aliphatic carbocycles. The zero-order valence-electron chi connectivity index (χ0n) is 12.4. The summed E-state index contributed by atoms with van der Waals surface area (Å²) in [6.07, 6.45) is 0. The van der Waals surface area contributed by atoms with Crippen LogP contribution in [-0.4, -0.2) is 34.0 Å². The Hall–Kier alpha value is -1.09. The monoisotopic (exact) mass is 405 g/mol. The lowest BCUT2D eigenvalue weighted by atomic mass is 10.2. The van der Waals surface area contributed by atoms with Crippen LogP contribution in [0.5, 0.6) is 11.5 Å². The quantitative estimate of drug-likeness (QED) is 0.739. The van der Waals surface area contributed by atoms with E-state index in [0.29, 0.717) is 15.7 Å². The molecule has 2 aromatic rings. The van der Waals surface area contributed by atoms with E-state index in [1.54, 1.807) is 51.6 Å². The summed E-state index contributed by atoms with van der Waals surface area (Å²) < 4.78 is 37.9. The van der Waals surface area contributed by atoms with Crippen LogP contribution in [0.2, 0.25) is 0 Å². The second-order valence-corrected chi connectivity index (χ2v) is 9.23. The molecule has 120 valence electrons. The minimum Gasteiger partial charge on any atom is -0.497 e. The van der Waals surface area contributed by atoms with E-state index in [4.69, 9.17) is 9.47 Å². The molecule has 0 spiro atoms. The lowest BCUT2D eigenvalue weighted by molar-refractivity contribution is 0.384. The Morgan fingerprint density at radius 1 is 1.18 bits per heavy atom. The highest BCUT2D eigenvalue weighted by Gasteiger charge is 2.23. The van der Waals surface area contributed by atoms with Crippen molar-refractivity contribution in [2.75, 3.05) is 21.3 Å². The van der Waals surface area contributed by atoms with E-state index in [0.717, 1.165) is 9.35 Å². The number of benzene rings is 1. The maximum absolute atomic E-state index is 12.5. The Morgan fingerprint density at radius 3 is 2.45 bits per heavy atom. The first-order valence-electron chi connectivity index (χ1n) is 6.31. The van der Waals surface area contributed by atoms with E-state index in [9.17, 15) is 8.42 Å². The second-order valence-electron chi connectivity index (χ2n) is 4.50. The van der Waals surface area contributed by atoms with Crippen molar-refractivity contribution in [2.24, 2.45) is 0 Å². The first kappa shape index (κ1) is 17.3. The van der Waals surface area contributed by atoms with E-state index < -0.39 is 10.0 Å². The molecular weight excluding hydrogens is 390 g/mol. The van der Waals surface area contributed by atoms with Gasteiger partial charge in [-0.3, -0.25) is 0 Å². The number of methoxy groups -OCH3 is 2. The van der Waals surface area contributed by atoms with Crippen LogP contribution in [0.15, 0.2) is 38.3 Å². The molecule has 0 amide bonds. The summed E-state index contributed by atoms with van der Waals surface area (Å²) in [4.78, 5) is 0. The first-order valence-corrected chi connectivity index (χ1v) is 9.36. The molecule has 2 rings (SSSR count). The molecule has 1 heterocycles. The molecule has 0 radical (unpaired) electrons. The third-order valence-electron chi connectivity index (χ3n) is 3.10. The zero-order chi connectivity index (χ0) is 16.3. The molecule has 0 fully saturated rings. The van der Waals surface area contributed by atoms with Crippen LogP contribution in [0, 0.1) is 0 Å². The van der Waals surface area contributed by atoms with E-state index in [1.807, 2.05) is 0 Å². The topological polar surface area (TPSA) is 55.8 Å². The third kappa shape index (κ3) is 3.62. The maximum atomic E-state index is 12.5. The molecule has 0 unspecified atom stereocenters. The van der Waals surface area contributed by atoms with Crippen LogP contribution >= 0.6 is 27.3 Å². The van der Waals surface area contributed by atoms with Crippen molar-refractivity contribution in [1.82, 2.24) is 4.31 Å². The number of nitrogens with zero attached hydrogens (tertiary/aromatic N) is 1. The normalized spacial score (nSPS) is 11.7. The average molecular weight is 406 g/mol. The van der Waals surface area contributed by atoms with Gasteiger partial charge in [-0.15, -0.1) is 11.3 Å². The van der Waals surface area contributed by atoms with Crippen molar-refractivity contribution >= 4 is 37.3 Å². The largest absolute Gasteiger partial charge is 0.497 e. The Morgan fingerprint density at radius 2 is 1.91 bits per heavy atom. The molecule has 0 N–H and O–H groups in total.